The highest BCUT2D eigenvalue weighted by atomic mass is 32.1. The average Bonchev–Trinajstić information content (AvgIpc) is 3.09. The Labute approximate surface area is 181 Å². The Morgan fingerprint density at radius 2 is 1.74 bits per heavy atom. The number of rotatable bonds is 5. The molecular weight excluding hydrogens is 424 g/mol. The van der Waals surface area contributed by atoms with Crippen molar-refractivity contribution in [2.24, 2.45) is 0 Å². The van der Waals surface area contributed by atoms with Crippen molar-refractivity contribution in [3.05, 3.63) is 68.2 Å². The van der Waals surface area contributed by atoms with Gasteiger partial charge in [0.2, 0.25) is 5.88 Å². The highest BCUT2D eigenvalue weighted by Gasteiger charge is 2.40. The van der Waals surface area contributed by atoms with Crippen molar-refractivity contribution in [2.75, 3.05) is 21.3 Å². The molecule has 0 saturated carbocycles. The van der Waals surface area contributed by atoms with Gasteiger partial charge in [-0.15, -0.1) is 0 Å². The number of nitrogens with one attached hydrogen (secondary N) is 1. The molecule has 0 saturated heterocycles. The summed E-state index contributed by atoms with van der Waals surface area (Å²) in [6.07, 6.45) is -1.18. The second kappa shape index (κ2) is 7.80. The summed E-state index contributed by atoms with van der Waals surface area (Å²) in [5.74, 6) is -0.246. The number of H-pyrrole nitrogens is 1. The van der Waals surface area contributed by atoms with Gasteiger partial charge in [-0.1, -0.05) is 18.2 Å². The molecule has 0 amide bonds. The summed E-state index contributed by atoms with van der Waals surface area (Å²) < 4.78 is 22.6. The van der Waals surface area contributed by atoms with Crippen LogP contribution in [0.1, 0.15) is 27.6 Å². The van der Waals surface area contributed by atoms with Gasteiger partial charge in [0, 0.05) is 5.56 Å². The first-order valence-corrected chi connectivity index (χ1v) is 9.51. The Bertz CT molecular complexity index is 1310. The van der Waals surface area contributed by atoms with Crippen molar-refractivity contribution < 1.29 is 28.8 Å². The molecule has 31 heavy (non-hydrogen) atoms. The van der Waals surface area contributed by atoms with E-state index < -0.39 is 23.5 Å². The van der Waals surface area contributed by atoms with Crippen LogP contribution < -0.4 is 19.8 Å². The summed E-state index contributed by atoms with van der Waals surface area (Å²) in [5.41, 5.74) is 0.0128. The number of nitrogens with zero attached hydrogens (tertiary/aromatic N) is 1. The van der Waals surface area contributed by atoms with Crippen molar-refractivity contribution in [3.63, 3.8) is 0 Å². The molecular formula is C21H18N2O7S. The zero-order valence-electron chi connectivity index (χ0n) is 16.8. The van der Waals surface area contributed by atoms with Crippen molar-refractivity contribution in [2.45, 2.75) is 6.10 Å². The van der Waals surface area contributed by atoms with Crippen LogP contribution in [0.4, 0.5) is 0 Å². The lowest BCUT2D eigenvalue weighted by molar-refractivity contribution is 0.0447. The molecule has 1 aliphatic heterocycles. The van der Waals surface area contributed by atoms with E-state index in [9.17, 15) is 14.7 Å². The van der Waals surface area contributed by atoms with Crippen LogP contribution >= 0.6 is 12.2 Å². The molecule has 0 radical (unpaired) electrons. The molecule has 1 atom stereocenters. The second-order valence-electron chi connectivity index (χ2n) is 6.55. The number of benzene rings is 2. The quantitative estimate of drug-likeness (QED) is 0.458. The van der Waals surface area contributed by atoms with Crippen LogP contribution in [-0.2, 0) is 4.74 Å². The Morgan fingerprint density at radius 1 is 1.03 bits per heavy atom. The molecule has 2 heterocycles. The normalized spacial score (nSPS) is 14.7. The van der Waals surface area contributed by atoms with Gasteiger partial charge in [0.15, 0.2) is 22.4 Å². The number of ether oxygens (including phenoxy) is 4. The van der Waals surface area contributed by atoms with Crippen LogP contribution in [0.25, 0.3) is 5.69 Å². The van der Waals surface area contributed by atoms with Crippen LogP contribution in [0.2, 0.25) is 0 Å². The van der Waals surface area contributed by atoms with E-state index in [-0.39, 0.29) is 21.6 Å². The minimum Gasteiger partial charge on any atom is -0.495 e. The maximum absolute atomic E-state index is 12.8. The van der Waals surface area contributed by atoms with Crippen LogP contribution in [0.5, 0.6) is 23.1 Å². The summed E-state index contributed by atoms with van der Waals surface area (Å²) in [6.45, 7) is 0. The SMILES string of the molecule is COc1ccccc1-n1c(O)c([C@@H]2OC(=O)c3c2ccc(OC)c3OC)c(=O)[nH]c1=S. The number of aromatic amines is 1. The van der Waals surface area contributed by atoms with Gasteiger partial charge in [-0.3, -0.25) is 14.3 Å². The van der Waals surface area contributed by atoms with Crippen LogP contribution in [0.3, 0.4) is 0 Å². The summed E-state index contributed by atoms with van der Waals surface area (Å²) in [5, 5.41) is 11.1. The van der Waals surface area contributed by atoms with Crippen molar-refractivity contribution >= 4 is 18.2 Å². The lowest BCUT2D eigenvalue weighted by atomic mass is 9.99. The topological polar surface area (TPSA) is 112 Å². The van der Waals surface area contributed by atoms with E-state index in [0.717, 1.165) is 0 Å². The van der Waals surface area contributed by atoms with E-state index in [1.165, 1.54) is 25.9 Å². The van der Waals surface area contributed by atoms with Crippen molar-refractivity contribution in [1.82, 2.24) is 9.55 Å². The first-order valence-electron chi connectivity index (χ1n) is 9.10. The van der Waals surface area contributed by atoms with E-state index in [0.29, 0.717) is 22.7 Å². The van der Waals surface area contributed by atoms with E-state index in [4.69, 9.17) is 31.2 Å². The Morgan fingerprint density at radius 3 is 2.42 bits per heavy atom. The largest absolute Gasteiger partial charge is 0.495 e. The van der Waals surface area contributed by atoms with Gasteiger partial charge in [0.25, 0.3) is 5.56 Å². The lowest BCUT2D eigenvalue weighted by Gasteiger charge is -2.18. The summed E-state index contributed by atoms with van der Waals surface area (Å²) in [4.78, 5) is 28.0. The first kappa shape index (κ1) is 20.5. The van der Waals surface area contributed by atoms with Crippen LogP contribution in [0.15, 0.2) is 41.2 Å². The molecule has 160 valence electrons. The standard InChI is InChI=1S/C21H18N2O7S/c1-27-12-7-5-4-6-11(12)23-19(25)15(18(24)22-21(23)31)16-10-8-9-13(28-2)17(29-3)14(10)20(26)30-16/h4-9,16,25H,1-3H3,(H,22,24,31)/t16-/m1/s1. The number of esters is 1. The van der Waals surface area contributed by atoms with Gasteiger partial charge < -0.3 is 24.1 Å². The number of aromatic hydroxyl groups is 1. The number of cyclic esters (lactones) is 1. The minimum absolute atomic E-state index is 0.0485. The molecule has 4 rings (SSSR count). The molecule has 9 nitrogen and oxygen atoms in total. The average molecular weight is 442 g/mol. The zero-order chi connectivity index (χ0) is 22.3. The Hall–Kier alpha value is -3.79. The Balaban J connectivity index is 1.98. The lowest BCUT2D eigenvalue weighted by Crippen LogP contribution is -2.22. The molecule has 0 bridgehead atoms. The van der Waals surface area contributed by atoms with Gasteiger partial charge in [0.05, 0.1) is 27.0 Å². The number of aromatic nitrogens is 2. The number of methoxy groups -OCH3 is 3. The number of para-hydroxylation sites is 2. The molecule has 1 aliphatic rings. The second-order valence-corrected chi connectivity index (χ2v) is 6.94. The van der Waals surface area contributed by atoms with Gasteiger partial charge in [-0.25, -0.2) is 4.79 Å². The maximum atomic E-state index is 12.8. The zero-order valence-corrected chi connectivity index (χ0v) is 17.6. The smallest absolute Gasteiger partial charge is 0.343 e. The van der Waals surface area contributed by atoms with E-state index in [1.54, 1.807) is 36.4 Å². The van der Waals surface area contributed by atoms with Crippen LogP contribution in [-0.4, -0.2) is 42.0 Å². The minimum atomic E-state index is -1.18. The number of fused-ring (bicyclic) bond motifs is 1. The fourth-order valence-corrected chi connectivity index (χ4v) is 3.91. The molecule has 2 aromatic carbocycles. The predicted octanol–water partition coefficient (Wildman–Crippen LogP) is 2.89. The van der Waals surface area contributed by atoms with E-state index >= 15 is 0 Å². The number of carbonyl (C=O) groups is 1. The van der Waals surface area contributed by atoms with Gasteiger partial charge in [-0.05, 0) is 30.4 Å². The fourth-order valence-electron chi connectivity index (χ4n) is 3.63. The van der Waals surface area contributed by atoms with Gasteiger partial charge in [0.1, 0.15) is 16.9 Å². The first-order chi connectivity index (χ1) is 14.9. The summed E-state index contributed by atoms with van der Waals surface area (Å²) in [6, 6.07) is 10.0. The third kappa shape index (κ3) is 3.12. The highest BCUT2D eigenvalue weighted by Crippen LogP contribution is 2.45. The van der Waals surface area contributed by atoms with Gasteiger partial charge in [-0.2, -0.15) is 0 Å². The fraction of sp³-hybridized carbons (Fsp3) is 0.190. The molecule has 1 aromatic heterocycles. The number of hydrogen-bond acceptors (Lipinski definition) is 8. The Kier molecular flexibility index (Phi) is 5.15. The number of hydrogen-bond donors (Lipinski definition) is 2. The van der Waals surface area contributed by atoms with Crippen LogP contribution in [0, 0.1) is 4.77 Å². The molecule has 3 aromatic rings. The predicted molar refractivity (Wildman–Crippen MR) is 112 cm³/mol. The molecule has 0 aliphatic carbocycles. The van der Waals surface area contributed by atoms with Crippen molar-refractivity contribution in [1.29, 1.82) is 0 Å². The monoisotopic (exact) mass is 442 g/mol. The van der Waals surface area contributed by atoms with Gasteiger partial charge >= 0.3 is 5.97 Å². The number of carbonyl (C=O) groups excluding carboxylic acids is 1. The van der Waals surface area contributed by atoms with Crippen molar-refractivity contribution in [3.8, 4) is 28.8 Å². The molecule has 0 spiro atoms. The van der Waals surface area contributed by atoms with E-state index in [1.807, 2.05) is 0 Å². The highest BCUT2D eigenvalue weighted by molar-refractivity contribution is 7.71. The molecule has 0 unspecified atom stereocenters. The molecule has 10 heteroatoms. The third-order valence-electron chi connectivity index (χ3n) is 5.00. The molecule has 2 N–H and O–H groups in total. The maximum Gasteiger partial charge on any atom is 0.343 e. The summed E-state index contributed by atoms with van der Waals surface area (Å²) in [7, 11) is 4.31. The third-order valence-corrected chi connectivity index (χ3v) is 5.28. The molecule has 0 fully saturated rings. The van der Waals surface area contributed by atoms with E-state index in [2.05, 4.69) is 4.98 Å². The summed E-state index contributed by atoms with van der Waals surface area (Å²) >= 11 is 5.27.